The molecule has 1 saturated heterocycles. The number of amides is 1. The molecule has 0 radical (unpaired) electrons. The first-order chi connectivity index (χ1) is 17.6. The van der Waals surface area contributed by atoms with Crippen molar-refractivity contribution in [1.29, 1.82) is 0 Å². The zero-order valence-electron chi connectivity index (χ0n) is 20.0. The van der Waals surface area contributed by atoms with Crippen LogP contribution < -0.4 is 14.4 Å². The van der Waals surface area contributed by atoms with E-state index in [9.17, 15) is 9.18 Å². The third-order valence-electron chi connectivity index (χ3n) is 6.22. The molecule has 8 heteroatoms. The summed E-state index contributed by atoms with van der Waals surface area (Å²) in [6, 6.07) is 23.6. The summed E-state index contributed by atoms with van der Waals surface area (Å²) in [5.41, 5.74) is 2.96. The number of methoxy groups -OCH3 is 1. The second-order valence-electron chi connectivity index (χ2n) is 8.51. The maximum Gasteiger partial charge on any atom is 0.278 e. The van der Waals surface area contributed by atoms with Crippen molar-refractivity contribution in [3.05, 3.63) is 102 Å². The van der Waals surface area contributed by atoms with Gasteiger partial charge in [0, 0.05) is 31.9 Å². The zero-order chi connectivity index (χ0) is 24.9. The van der Waals surface area contributed by atoms with E-state index in [0.29, 0.717) is 44.2 Å². The van der Waals surface area contributed by atoms with Crippen LogP contribution in [0.25, 0.3) is 5.69 Å². The Morgan fingerprint density at radius 2 is 1.56 bits per heavy atom. The average Bonchev–Trinajstić information content (AvgIpc) is 3.37. The van der Waals surface area contributed by atoms with Gasteiger partial charge in [0.1, 0.15) is 18.2 Å². The van der Waals surface area contributed by atoms with Gasteiger partial charge in [0.05, 0.1) is 19.0 Å². The Bertz CT molecular complexity index is 1300. The molecular weight excluding hydrogens is 459 g/mol. The summed E-state index contributed by atoms with van der Waals surface area (Å²) in [4.78, 5) is 17.6. The molecule has 36 heavy (non-hydrogen) atoms. The number of piperazine rings is 1. The van der Waals surface area contributed by atoms with Gasteiger partial charge in [-0.25, -0.2) is 9.07 Å². The summed E-state index contributed by atoms with van der Waals surface area (Å²) in [6.45, 7) is 2.84. The first-order valence-corrected chi connectivity index (χ1v) is 11.8. The lowest BCUT2D eigenvalue weighted by Crippen LogP contribution is -2.49. The van der Waals surface area contributed by atoms with E-state index < -0.39 is 0 Å². The van der Waals surface area contributed by atoms with Crippen LogP contribution >= 0.6 is 0 Å². The summed E-state index contributed by atoms with van der Waals surface area (Å²) in [7, 11) is 1.65. The number of halogens is 1. The number of carbonyl (C=O) groups excluding carboxylic acids is 1. The van der Waals surface area contributed by atoms with Gasteiger partial charge in [-0.3, -0.25) is 4.79 Å². The third-order valence-corrected chi connectivity index (χ3v) is 6.22. The molecule has 0 N–H and O–H groups in total. The highest BCUT2D eigenvalue weighted by atomic mass is 19.1. The van der Waals surface area contributed by atoms with Crippen molar-refractivity contribution in [1.82, 2.24) is 14.7 Å². The number of hydrogen-bond acceptors (Lipinski definition) is 5. The number of ether oxygens (including phenoxy) is 2. The predicted octanol–water partition coefficient (Wildman–Crippen LogP) is 4.56. The first kappa shape index (κ1) is 23.4. The van der Waals surface area contributed by atoms with Crippen molar-refractivity contribution in [2.45, 2.75) is 6.61 Å². The summed E-state index contributed by atoms with van der Waals surface area (Å²) in [5.74, 6) is 0.684. The lowest BCUT2D eigenvalue weighted by atomic mass is 10.2. The molecule has 7 nitrogen and oxygen atoms in total. The van der Waals surface area contributed by atoms with Crippen LogP contribution in [0, 0.1) is 5.82 Å². The second-order valence-corrected chi connectivity index (χ2v) is 8.51. The molecule has 0 saturated carbocycles. The maximum absolute atomic E-state index is 13.5. The molecule has 3 aromatic carbocycles. The van der Waals surface area contributed by atoms with Crippen LogP contribution in [0.5, 0.6) is 11.5 Å². The van der Waals surface area contributed by atoms with E-state index in [1.165, 1.54) is 12.1 Å². The summed E-state index contributed by atoms with van der Waals surface area (Å²) in [5, 5.41) is 4.54. The minimum atomic E-state index is -0.336. The molecule has 0 bridgehead atoms. The number of rotatable bonds is 7. The Morgan fingerprint density at radius 1 is 0.889 bits per heavy atom. The largest absolute Gasteiger partial charge is 0.497 e. The molecule has 0 unspecified atom stereocenters. The van der Waals surface area contributed by atoms with Gasteiger partial charge in [-0.05, 0) is 54.1 Å². The third kappa shape index (κ3) is 5.17. The van der Waals surface area contributed by atoms with E-state index in [1.54, 1.807) is 35.0 Å². The fourth-order valence-electron chi connectivity index (χ4n) is 4.18. The highest BCUT2D eigenvalue weighted by Gasteiger charge is 2.27. The number of benzene rings is 3. The molecule has 2 heterocycles. The fraction of sp³-hybridized carbons (Fsp3) is 0.214. The van der Waals surface area contributed by atoms with E-state index in [4.69, 9.17) is 9.47 Å². The molecule has 4 aromatic rings. The lowest BCUT2D eigenvalue weighted by Gasteiger charge is -2.36. The lowest BCUT2D eigenvalue weighted by molar-refractivity contribution is 0.0735. The first-order valence-electron chi connectivity index (χ1n) is 11.8. The summed E-state index contributed by atoms with van der Waals surface area (Å²) >= 11 is 0. The molecule has 184 valence electrons. The van der Waals surface area contributed by atoms with Crippen LogP contribution in [-0.4, -0.2) is 53.9 Å². The van der Waals surface area contributed by atoms with Gasteiger partial charge in [-0.1, -0.05) is 30.3 Å². The van der Waals surface area contributed by atoms with Crippen molar-refractivity contribution in [2.75, 3.05) is 38.2 Å². The molecule has 5 rings (SSSR count). The van der Waals surface area contributed by atoms with E-state index in [-0.39, 0.29) is 17.4 Å². The minimum absolute atomic E-state index is 0.187. The molecule has 1 aliphatic rings. The smallest absolute Gasteiger partial charge is 0.278 e. The van der Waals surface area contributed by atoms with Gasteiger partial charge in [0.15, 0.2) is 11.4 Å². The number of anilines is 1. The summed E-state index contributed by atoms with van der Waals surface area (Å²) < 4.78 is 26.3. The standard InChI is InChI=1S/C28H27FN4O3/c1-35-25-13-11-23(12-14-25)31-15-17-32(18-16-31)28(34)27-26(36-20-21-5-3-2-4-6-21)19-33(30-27)24-9-7-22(29)8-10-24/h2-14,19H,15-18,20H2,1H3. The monoisotopic (exact) mass is 486 g/mol. The van der Waals surface area contributed by atoms with E-state index in [2.05, 4.69) is 10.00 Å². The van der Waals surface area contributed by atoms with Crippen LogP contribution in [0.15, 0.2) is 85.1 Å². The molecule has 1 amide bonds. The highest BCUT2D eigenvalue weighted by molar-refractivity contribution is 5.95. The normalized spacial score (nSPS) is 13.5. The van der Waals surface area contributed by atoms with Crippen molar-refractivity contribution < 1.29 is 18.7 Å². The van der Waals surface area contributed by atoms with Crippen molar-refractivity contribution in [3.63, 3.8) is 0 Å². The molecule has 1 fully saturated rings. The van der Waals surface area contributed by atoms with Gasteiger partial charge >= 0.3 is 0 Å². The number of aromatic nitrogens is 2. The van der Waals surface area contributed by atoms with Gasteiger partial charge in [-0.15, -0.1) is 0 Å². The fourth-order valence-corrected chi connectivity index (χ4v) is 4.18. The molecule has 1 aromatic heterocycles. The Labute approximate surface area is 209 Å². The summed E-state index contributed by atoms with van der Waals surface area (Å²) in [6.07, 6.45) is 1.68. The Hall–Kier alpha value is -4.33. The number of nitrogens with zero attached hydrogens (tertiary/aromatic N) is 4. The van der Waals surface area contributed by atoms with Gasteiger partial charge < -0.3 is 19.3 Å². The predicted molar refractivity (Wildman–Crippen MR) is 135 cm³/mol. The SMILES string of the molecule is COc1ccc(N2CCN(C(=O)c3nn(-c4ccc(F)cc4)cc3OCc3ccccc3)CC2)cc1. The van der Waals surface area contributed by atoms with Gasteiger partial charge in [0.25, 0.3) is 5.91 Å². The quantitative estimate of drug-likeness (QED) is 0.383. The topological polar surface area (TPSA) is 59.8 Å². The molecular formula is C28H27FN4O3. The van der Waals surface area contributed by atoms with Gasteiger partial charge in [-0.2, -0.15) is 5.10 Å². The number of carbonyl (C=O) groups is 1. The van der Waals surface area contributed by atoms with Gasteiger partial charge in [0.2, 0.25) is 0 Å². The Balaban J connectivity index is 1.33. The maximum atomic E-state index is 13.5. The Kier molecular flexibility index (Phi) is 6.84. The minimum Gasteiger partial charge on any atom is -0.497 e. The molecule has 0 spiro atoms. The van der Waals surface area contributed by atoms with E-state index in [0.717, 1.165) is 17.0 Å². The van der Waals surface area contributed by atoms with Crippen LogP contribution in [0.1, 0.15) is 16.1 Å². The zero-order valence-corrected chi connectivity index (χ0v) is 20.0. The van der Waals surface area contributed by atoms with E-state index >= 15 is 0 Å². The van der Waals surface area contributed by atoms with Crippen LogP contribution in [0.4, 0.5) is 10.1 Å². The van der Waals surface area contributed by atoms with Crippen LogP contribution in [-0.2, 0) is 6.61 Å². The van der Waals surface area contributed by atoms with Crippen LogP contribution in [0.3, 0.4) is 0 Å². The number of hydrogen-bond donors (Lipinski definition) is 0. The Morgan fingerprint density at radius 3 is 2.22 bits per heavy atom. The van der Waals surface area contributed by atoms with E-state index in [1.807, 2.05) is 54.6 Å². The molecule has 0 atom stereocenters. The second kappa shape index (κ2) is 10.5. The van der Waals surface area contributed by atoms with Crippen molar-refractivity contribution in [3.8, 4) is 17.2 Å². The molecule has 1 aliphatic heterocycles. The van der Waals surface area contributed by atoms with Crippen molar-refractivity contribution in [2.24, 2.45) is 0 Å². The molecule has 0 aliphatic carbocycles. The van der Waals surface area contributed by atoms with Crippen LogP contribution in [0.2, 0.25) is 0 Å². The highest BCUT2D eigenvalue weighted by Crippen LogP contribution is 2.25. The average molecular weight is 487 g/mol. The van der Waals surface area contributed by atoms with Crippen molar-refractivity contribution >= 4 is 11.6 Å².